The van der Waals surface area contributed by atoms with E-state index in [0.717, 1.165) is 13.1 Å². The fourth-order valence-corrected chi connectivity index (χ4v) is 4.47. The number of rotatable bonds is 2. The molecule has 2 rings (SSSR count). The van der Waals surface area contributed by atoms with Crippen LogP contribution < -0.4 is 5.32 Å². The summed E-state index contributed by atoms with van der Waals surface area (Å²) in [4.78, 5) is 2.34. The first-order chi connectivity index (χ1) is 8.07. The number of nitrogens with one attached hydrogen (secondary N) is 1. The van der Waals surface area contributed by atoms with E-state index >= 15 is 0 Å². The van der Waals surface area contributed by atoms with Crippen molar-refractivity contribution >= 4 is 9.84 Å². The van der Waals surface area contributed by atoms with Gasteiger partial charge < -0.3 is 5.32 Å². The van der Waals surface area contributed by atoms with Gasteiger partial charge in [-0.05, 0) is 26.3 Å². The molecule has 17 heavy (non-hydrogen) atoms. The summed E-state index contributed by atoms with van der Waals surface area (Å²) in [6.45, 7) is 4.87. The van der Waals surface area contributed by atoms with E-state index in [1.54, 1.807) is 0 Å². The molecule has 0 aromatic carbocycles. The standard InChI is InChI=1S/C12H24N2O2S/c1-11-10-17(15,16)8-7-14(11)9-12-5-3-2-4-6-13-12/h11-13H,2-10H2,1H3. The van der Waals surface area contributed by atoms with Gasteiger partial charge in [0.25, 0.3) is 0 Å². The third-order valence-corrected chi connectivity index (χ3v) is 5.72. The monoisotopic (exact) mass is 260 g/mol. The average molecular weight is 260 g/mol. The highest BCUT2D eigenvalue weighted by molar-refractivity contribution is 7.91. The summed E-state index contributed by atoms with van der Waals surface area (Å²) < 4.78 is 23.0. The molecule has 0 aromatic rings. The molecule has 2 aliphatic heterocycles. The molecule has 2 fully saturated rings. The molecule has 4 nitrogen and oxygen atoms in total. The maximum absolute atomic E-state index is 11.5. The molecule has 0 saturated carbocycles. The molecule has 1 N–H and O–H groups in total. The first-order valence-corrected chi connectivity index (χ1v) is 8.57. The lowest BCUT2D eigenvalue weighted by molar-refractivity contribution is 0.199. The van der Waals surface area contributed by atoms with Crippen LogP contribution >= 0.6 is 0 Å². The Labute approximate surface area is 105 Å². The minimum Gasteiger partial charge on any atom is -0.313 e. The van der Waals surface area contributed by atoms with Gasteiger partial charge in [0.05, 0.1) is 11.5 Å². The fraction of sp³-hybridized carbons (Fsp3) is 1.00. The molecule has 0 aliphatic carbocycles. The predicted octanol–water partition coefficient (Wildman–Crippen LogP) is 0.638. The predicted molar refractivity (Wildman–Crippen MR) is 69.9 cm³/mol. The first kappa shape index (κ1) is 13.3. The van der Waals surface area contributed by atoms with Crippen LogP contribution in [-0.4, -0.2) is 56.5 Å². The topological polar surface area (TPSA) is 49.4 Å². The van der Waals surface area contributed by atoms with Crippen molar-refractivity contribution in [2.24, 2.45) is 0 Å². The second-order valence-electron chi connectivity index (χ2n) is 5.46. The lowest BCUT2D eigenvalue weighted by atomic mass is 10.1. The van der Waals surface area contributed by atoms with E-state index in [0.29, 0.717) is 24.1 Å². The minimum atomic E-state index is -2.77. The second-order valence-corrected chi connectivity index (χ2v) is 7.69. The summed E-state index contributed by atoms with van der Waals surface area (Å²) in [5, 5.41) is 3.58. The molecule has 0 aromatic heterocycles. The molecule has 5 heteroatoms. The molecule has 0 spiro atoms. The molecule has 2 saturated heterocycles. The smallest absolute Gasteiger partial charge is 0.153 e. The zero-order chi connectivity index (χ0) is 12.3. The van der Waals surface area contributed by atoms with Crippen LogP contribution in [0.5, 0.6) is 0 Å². The first-order valence-electron chi connectivity index (χ1n) is 6.75. The Balaban J connectivity index is 1.86. The summed E-state index contributed by atoms with van der Waals surface area (Å²) in [5.74, 6) is 0.670. The highest BCUT2D eigenvalue weighted by Crippen LogP contribution is 2.15. The number of sulfone groups is 1. The molecule has 0 radical (unpaired) electrons. The summed E-state index contributed by atoms with van der Waals surface area (Å²) in [6, 6.07) is 0.736. The van der Waals surface area contributed by atoms with E-state index < -0.39 is 9.84 Å². The van der Waals surface area contributed by atoms with Crippen molar-refractivity contribution in [3.8, 4) is 0 Å². The van der Waals surface area contributed by atoms with Crippen LogP contribution in [0.15, 0.2) is 0 Å². The molecular formula is C12H24N2O2S. The summed E-state index contributed by atoms with van der Waals surface area (Å²) in [6.07, 6.45) is 5.14. The third-order valence-electron chi connectivity index (χ3n) is 3.93. The average Bonchev–Trinajstić information content (AvgIpc) is 2.50. The van der Waals surface area contributed by atoms with Crippen molar-refractivity contribution < 1.29 is 8.42 Å². The Bertz CT molecular complexity index is 334. The van der Waals surface area contributed by atoms with Crippen LogP contribution in [0.4, 0.5) is 0 Å². The van der Waals surface area contributed by atoms with Crippen LogP contribution in [0, 0.1) is 0 Å². The molecule has 0 bridgehead atoms. The molecule has 2 unspecified atom stereocenters. The lowest BCUT2D eigenvalue weighted by Crippen LogP contribution is -2.51. The molecule has 2 heterocycles. The van der Waals surface area contributed by atoms with Crippen molar-refractivity contribution in [2.75, 3.05) is 31.1 Å². The van der Waals surface area contributed by atoms with Crippen LogP contribution in [0.2, 0.25) is 0 Å². The van der Waals surface area contributed by atoms with Crippen LogP contribution in [0.1, 0.15) is 32.6 Å². The maximum Gasteiger partial charge on any atom is 0.153 e. The van der Waals surface area contributed by atoms with Gasteiger partial charge in [0.2, 0.25) is 0 Å². The summed E-state index contributed by atoms with van der Waals surface area (Å²) >= 11 is 0. The Hall–Kier alpha value is -0.130. The Morgan fingerprint density at radius 1 is 1.29 bits per heavy atom. The number of nitrogens with zero attached hydrogens (tertiary/aromatic N) is 1. The van der Waals surface area contributed by atoms with E-state index in [9.17, 15) is 8.42 Å². The van der Waals surface area contributed by atoms with Gasteiger partial charge in [-0.1, -0.05) is 12.8 Å². The zero-order valence-corrected chi connectivity index (χ0v) is 11.5. The van der Waals surface area contributed by atoms with Gasteiger partial charge in [-0.25, -0.2) is 8.42 Å². The van der Waals surface area contributed by atoms with Crippen molar-refractivity contribution in [1.29, 1.82) is 0 Å². The highest BCUT2D eigenvalue weighted by atomic mass is 32.2. The molecular weight excluding hydrogens is 236 g/mol. The quantitative estimate of drug-likeness (QED) is 0.791. The van der Waals surface area contributed by atoms with Gasteiger partial charge in [0, 0.05) is 25.2 Å². The lowest BCUT2D eigenvalue weighted by Gasteiger charge is -2.35. The van der Waals surface area contributed by atoms with Crippen molar-refractivity contribution in [3.05, 3.63) is 0 Å². The Kier molecular flexibility index (Phi) is 4.44. The summed E-state index contributed by atoms with van der Waals surface area (Å²) in [5.41, 5.74) is 0. The van der Waals surface area contributed by atoms with Crippen LogP contribution in [-0.2, 0) is 9.84 Å². The van der Waals surface area contributed by atoms with Crippen molar-refractivity contribution in [2.45, 2.75) is 44.7 Å². The van der Waals surface area contributed by atoms with Crippen LogP contribution in [0.3, 0.4) is 0 Å². The zero-order valence-electron chi connectivity index (χ0n) is 10.7. The SMILES string of the molecule is CC1CS(=O)(=O)CCN1CC1CCCCCN1. The van der Waals surface area contributed by atoms with E-state index in [1.165, 1.54) is 25.7 Å². The van der Waals surface area contributed by atoms with Crippen LogP contribution in [0.25, 0.3) is 0 Å². The van der Waals surface area contributed by atoms with Gasteiger partial charge in [0.1, 0.15) is 0 Å². The Morgan fingerprint density at radius 3 is 2.88 bits per heavy atom. The second kappa shape index (κ2) is 5.67. The number of hydrogen-bond donors (Lipinski definition) is 1. The van der Waals surface area contributed by atoms with E-state index in [1.807, 2.05) is 6.92 Å². The van der Waals surface area contributed by atoms with Gasteiger partial charge in [-0.15, -0.1) is 0 Å². The van der Waals surface area contributed by atoms with Gasteiger partial charge in [-0.2, -0.15) is 0 Å². The molecule has 0 amide bonds. The molecule has 2 atom stereocenters. The normalized spacial score (nSPS) is 35.4. The van der Waals surface area contributed by atoms with Crippen molar-refractivity contribution in [1.82, 2.24) is 10.2 Å². The molecule has 2 aliphatic rings. The fourth-order valence-electron chi connectivity index (χ4n) is 2.84. The molecule has 100 valence electrons. The van der Waals surface area contributed by atoms with Gasteiger partial charge in [-0.3, -0.25) is 4.90 Å². The summed E-state index contributed by atoms with van der Waals surface area (Å²) in [7, 11) is -2.77. The van der Waals surface area contributed by atoms with Crippen molar-refractivity contribution in [3.63, 3.8) is 0 Å². The highest BCUT2D eigenvalue weighted by Gasteiger charge is 2.29. The van der Waals surface area contributed by atoms with Gasteiger partial charge in [0.15, 0.2) is 9.84 Å². The largest absolute Gasteiger partial charge is 0.313 e. The third kappa shape index (κ3) is 3.93. The number of hydrogen-bond acceptors (Lipinski definition) is 4. The maximum atomic E-state index is 11.5. The van der Waals surface area contributed by atoms with E-state index in [2.05, 4.69) is 10.2 Å². The van der Waals surface area contributed by atoms with E-state index in [-0.39, 0.29) is 6.04 Å². The minimum absolute atomic E-state index is 0.179. The van der Waals surface area contributed by atoms with Gasteiger partial charge >= 0.3 is 0 Å². The Morgan fingerprint density at radius 2 is 2.12 bits per heavy atom. The van der Waals surface area contributed by atoms with E-state index in [4.69, 9.17) is 0 Å².